The first-order valence-corrected chi connectivity index (χ1v) is 7.99. The van der Waals surface area contributed by atoms with Crippen LogP contribution in [-0.2, 0) is 10.0 Å². The zero-order valence-electron chi connectivity index (χ0n) is 10.8. The molecule has 0 atom stereocenters. The van der Waals surface area contributed by atoms with Crippen LogP contribution in [0.25, 0.3) is 0 Å². The molecule has 0 unspecified atom stereocenters. The molecule has 4 nitrogen and oxygen atoms in total. The normalized spacial score (nSPS) is 11.4. The Morgan fingerprint density at radius 2 is 1.80 bits per heavy atom. The number of benzene rings is 1. The molecule has 1 heterocycles. The van der Waals surface area contributed by atoms with Gasteiger partial charge in [-0.25, -0.2) is 17.8 Å². The van der Waals surface area contributed by atoms with E-state index in [2.05, 4.69) is 25.6 Å². The highest BCUT2D eigenvalue weighted by molar-refractivity contribution is 9.10. The molecule has 0 aliphatic rings. The van der Waals surface area contributed by atoms with Gasteiger partial charge in [0.1, 0.15) is 16.2 Å². The summed E-state index contributed by atoms with van der Waals surface area (Å²) in [6.45, 7) is 3.11. The fraction of sp³-hybridized carbons (Fsp3) is 0.154. The van der Waals surface area contributed by atoms with Crippen LogP contribution in [-0.4, -0.2) is 13.4 Å². The summed E-state index contributed by atoms with van der Waals surface area (Å²) >= 11 is 3.17. The quantitative estimate of drug-likeness (QED) is 0.855. The van der Waals surface area contributed by atoms with Crippen molar-refractivity contribution in [3.8, 4) is 0 Å². The monoisotopic (exact) mass is 358 g/mol. The summed E-state index contributed by atoms with van der Waals surface area (Å²) in [6.07, 6.45) is 0. The highest BCUT2D eigenvalue weighted by Gasteiger charge is 2.21. The maximum Gasteiger partial charge on any atom is 0.263 e. The van der Waals surface area contributed by atoms with Crippen LogP contribution >= 0.6 is 15.9 Å². The van der Waals surface area contributed by atoms with Crippen molar-refractivity contribution in [2.45, 2.75) is 18.7 Å². The summed E-state index contributed by atoms with van der Waals surface area (Å²) in [4.78, 5) is 4.08. The van der Waals surface area contributed by atoms with E-state index in [4.69, 9.17) is 0 Å². The van der Waals surface area contributed by atoms with Gasteiger partial charge >= 0.3 is 0 Å². The number of hydrogen-bond acceptors (Lipinski definition) is 3. The van der Waals surface area contributed by atoms with Gasteiger partial charge in [-0.3, -0.25) is 4.72 Å². The van der Waals surface area contributed by atoms with Gasteiger partial charge in [0.25, 0.3) is 10.0 Å². The van der Waals surface area contributed by atoms with Crippen molar-refractivity contribution >= 4 is 31.8 Å². The van der Waals surface area contributed by atoms with Crippen molar-refractivity contribution in [3.05, 3.63) is 51.9 Å². The zero-order valence-corrected chi connectivity index (χ0v) is 13.2. The van der Waals surface area contributed by atoms with Crippen molar-refractivity contribution in [2.75, 3.05) is 4.72 Å². The van der Waals surface area contributed by atoms with Crippen LogP contribution in [0.5, 0.6) is 0 Å². The maximum absolute atomic E-state index is 13.2. The molecule has 0 spiro atoms. The van der Waals surface area contributed by atoms with Gasteiger partial charge < -0.3 is 0 Å². The number of pyridine rings is 1. The van der Waals surface area contributed by atoms with Crippen molar-refractivity contribution in [2.24, 2.45) is 0 Å². The number of sulfonamides is 1. The Morgan fingerprint density at radius 1 is 1.20 bits per heavy atom. The van der Waals surface area contributed by atoms with Crippen LogP contribution in [0, 0.1) is 19.7 Å². The van der Waals surface area contributed by atoms with Crippen molar-refractivity contribution in [1.82, 2.24) is 4.98 Å². The summed E-state index contributed by atoms with van der Waals surface area (Å²) in [7, 11) is -3.81. The maximum atomic E-state index is 13.2. The molecule has 1 aromatic heterocycles. The average Bonchev–Trinajstić information content (AvgIpc) is 2.25. The van der Waals surface area contributed by atoms with Crippen LogP contribution in [0.3, 0.4) is 0 Å². The molecule has 0 saturated carbocycles. The lowest BCUT2D eigenvalue weighted by molar-refractivity contribution is 0.597. The number of halogens is 2. The Bertz CT molecular complexity index is 740. The van der Waals surface area contributed by atoms with E-state index in [1.807, 2.05) is 0 Å². The zero-order chi connectivity index (χ0) is 14.9. The molecule has 1 aromatic carbocycles. The molecular formula is C13H12BrFN2O2S. The Hall–Kier alpha value is -1.47. The first-order valence-electron chi connectivity index (χ1n) is 5.72. The Labute approximate surface area is 125 Å². The number of aryl methyl sites for hydroxylation is 2. The molecule has 0 aliphatic heterocycles. The molecule has 7 heteroatoms. The van der Waals surface area contributed by atoms with E-state index >= 15 is 0 Å². The van der Waals surface area contributed by atoms with E-state index in [0.717, 1.165) is 0 Å². The minimum absolute atomic E-state index is 0.0701. The third-order valence-corrected chi connectivity index (χ3v) is 4.75. The fourth-order valence-electron chi connectivity index (χ4n) is 1.98. The van der Waals surface area contributed by atoms with Gasteiger partial charge in [-0.05, 0) is 65.2 Å². The summed E-state index contributed by atoms with van der Waals surface area (Å²) in [5.41, 5.74) is 0.704. The third kappa shape index (κ3) is 3.16. The van der Waals surface area contributed by atoms with E-state index in [0.29, 0.717) is 15.7 Å². The van der Waals surface area contributed by atoms with E-state index < -0.39 is 15.8 Å². The summed E-state index contributed by atoms with van der Waals surface area (Å²) in [5, 5.41) is 0. The minimum atomic E-state index is -3.81. The summed E-state index contributed by atoms with van der Waals surface area (Å²) in [5.74, 6) is -0.262. The second-order valence-corrected chi connectivity index (χ2v) is 6.75. The summed E-state index contributed by atoms with van der Waals surface area (Å²) in [6, 6.07) is 7.27. The van der Waals surface area contributed by atoms with E-state index in [1.165, 1.54) is 18.2 Å². The molecule has 0 amide bonds. The van der Waals surface area contributed by atoms with Gasteiger partial charge in [-0.15, -0.1) is 0 Å². The van der Waals surface area contributed by atoms with Crippen LogP contribution in [0.1, 0.15) is 11.1 Å². The molecule has 0 radical (unpaired) electrons. The Kier molecular flexibility index (Phi) is 4.10. The van der Waals surface area contributed by atoms with E-state index in [1.54, 1.807) is 26.0 Å². The largest absolute Gasteiger partial charge is 0.263 e. The van der Waals surface area contributed by atoms with E-state index in [-0.39, 0.29) is 10.7 Å². The highest BCUT2D eigenvalue weighted by Crippen LogP contribution is 2.23. The van der Waals surface area contributed by atoms with Gasteiger partial charge in [0.2, 0.25) is 0 Å². The standard InChI is InChI=1S/C13H12BrFN2O2S/c1-8-6-10(15)7-9(2)13(8)20(18,19)17-12-5-3-4-11(14)16-12/h3-7H,1-2H3,(H,16,17). The second kappa shape index (κ2) is 5.49. The van der Waals surface area contributed by atoms with Gasteiger partial charge in [-0.2, -0.15) is 0 Å². The molecule has 0 bridgehead atoms. The summed E-state index contributed by atoms with van der Waals surface area (Å²) < 4.78 is 40.9. The van der Waals surface area contributed by atoms with Gasteiger partial charge in [0.15, 0.2) is 0 Å². The van der Waals surface area contributed by atoms with Gasteiger partial charge in [0.05, 0.1) is 4.90 Å². The molecular weight excluding hydrogens is 347 g/mol. The molecule has 0 saturated heterocycles. The average molecular weight is 359 g/mol. The van der Waals surface area contributed by atoms with Crippen LogP contribution in [0.4, 0.5) is 10.2 Å². The predicted octanol–water partition coefficient (Wildman–Crippen LogP) is 3.40. The van der Waals surface area contributed by atoms with Crippen LogP contribution in [0.15, 0.2) is 39.8 Å². The van der Waals surface area contributed by atoms with E-state index in [9.17, 15) is 12.8 Å². The number of anilines is 1. The predicted molar refractivity (Wildman–Crippen MR) is 78.6 cm³/mol. The molecule has 20 heavy (non-hydrogen) atoms. The SMILES string of the molecule is Cc1cc(F)cc(C)c1S(=O)(=O)Nc1cccc(Br)n1. The molecule has 0 fully saturated rings. The van der Waals surface area contributed by atoms with Crippen molar-refractivity contribution in [1.29, 1.82) is 0 Å². The molecule has 1 N–H and O–H groups in total. The van der Waals surface area contributed by atoms with Gasteiger partial charge in [0, 0.05) is 0 Å². The lowest BCUT2D eigenvalue weighted by atomic mass is 10.1. The van der Waals surface area contributed by atoms with Crippen molar-refractivity contribution in [3.63, 3.8) is 0 Å². The van der Waals surface area contributed by atoms with Crippen LogP contribution in [0.2, 0.25) is 0 Å². The number of aromatic nitrogens is 1. The lowest BCUT2D eigenvalue weighted by Crippen LogP contribution is -2.16. The number of nitrogens with one attached hydrogen (secondary N) is 1. The molecule has 2 aromatic rings. The fourth-order valence-corrected chi connectivity index (χ4v) is 3.78. The minimum Gasteiger partial charge on any atom is -0.263 e. The third-order valence-electron chi connectivity index (χ3n) is 2.65. The lowest BCUT2D eigenvalue weighted by Gasteiger charge is -2.12. The highest BCUT2D eigenvalue weighted by atomic mass is 79.9. The molecule has 2 rings (SSSR count). The first-order chi connectivity index (χ1) is 9.29. The number of rotatable bonds is 3. The smallest absolute Gasteiger partial charge is 0.263 e. The molecule has 106 valence electrons. The van der Waals surface area contributed by atoms with Crippen LogP contribution < -0.4 is 4.72 Å². The second-order valence-electron chi connectivity index (χ2n) is 4.32. The van der Waals surface area contributed by atoms with Gasteiger partial charge in [-0.1, -0.05) is 6.07 Å². The number of nitrogens with zero attached hydrogens (tertiary/aromatic N) is 1. The number of hydrogen-bond donors (Lipinski definition) is 1. The Morgan fingerprint density at radius 3 is 2.35 bits per heavy atom. The topological polar surface area (TPSA) is 59.1 Å². The molecule has 0 aliphatic carbocycles. The Balaban J connectivity index is 2.46. The first kappa shape index (κ1) is 14.9. The van der Waals surface area contributed by atoms with Crippen molar-refractivity contribution < 1.29 is 12.8 Å².